The summed E-state index contributed by atoms with van der Waals surface area (Å²) in [7, 11) is 0. The molecule has 2 heterocycles. The summed E-state index contributed by atoms with van der Waals surface area (Å²) in [5.41, 5.74) is 2.75. The predicted octanol–water partition coefficient (Wildman–Crippen LogP) is 4.23. The highest BCUT2D eigenvalue weighted by molar-refractivity contribution is 7.99. The molecule has 1 aliphatic rings. The van der Waals surface area contributed by atoms with Crippen molar-refractivity contribution in [3.05, 3.63) is 78.2 Å². The number of carbonyl (C=O) groups is 2. The Labute approximate surface area is 208 Å². The fraction of sp³-hybridized carbons (Fsp3) is 0.269. The SMILES string of the molecule is CC(=O)NCC1CN(c2ccc(-c3ccc(CNCCSc4ccccn4)cc3)c(F)c2)C(=O)O1. The second kappa shape index (κ2) is 11.8. The zero-order valence-electron chi connectivity index (χ0n) is 19.4. The van der Waals surface area contributed by atoms with Crippen LogP contribution < -0.4 is 15.5 Å². The number of aromatic nitrogens is 1. The van der Waals surface area contributed by atoms with Crippen LogP contribution >= 0.6 is 11.8 Å². The lowest BCUT2D eigenvalue weighted by Gasteiger charge is -2.15. The van der Waals surface area contributed by atoms with E-state index in [1.165, 1.54) is 17.9 Å². The Hall–Kier alpha value is -3.43. The van der Waals surface area contributed by atoms with Crippen LogP contribution in [0.3, 0.4) is 0 Å². The molecule has 2 amide bonds. The maximum Gasteiger partial charge on any atom is 0.414 e. The Morgan fingerprint density at radius 1 is 1.20 bits per heavy atom. The van der Waals surface area contributed by atoms with Crippen LogP contribution in [-0.4, -0.2) is 48.5 Å². The molecular weight excluding hydrogens is 467 g/mol. The van der Waals surface area contributed by atoms with Crippen LogP contribution in [0, 0.1) is 5.82 Å². The van der Waals surface area contributed by atoms with Crippen molar-refractivity contribution >= 4 is 29.4 Å². The number of anilines is 1. The summed E-state index contributed by atoms with van der Waals surface area (Å²) in [6.07, 6.45) is 0.770. The molecule has 7 nitrogen and oxygen atoms in total. The molecule has 35 heavy (non-hydrogen) atoms. The molecule has 0 aliphatic carbocycles. The number of nitrogens with one attached hydrogen (secondary N) is 2. The number of ether oxygens (including phenoxy) is 1. The van der Waals surface area contributed by atoms with Crippen molar-refractivity contribution in [1.29, 1.82) is 0 Å². The van der Waals surface area contributed by atoms with E-state index in [9.17, 15) is 14.0 Å². The number of thioether (sulfide) groups is 1. The number of cyclic esters (lactones) is 1. The summed E-state index contributed by atoms with van der Waals surface area (Å²) >= 11 is 1.71. The highest BCUT2D eigenvalue weighted by Crippen LogP contribution is 2.29. The van der Waals surface area contributed by atoms with Gasteiger partial charge >= 0.3 is 6.09 Å². The summed E-state index contributed by atoms with van der Waals surface area (Å²) < 4.78 is 20.2. The van der Waals surface area contributed by atoms with Crippen molar-refractivity contribution < 1.29 is 18.7 Å². The standard InChI is InChI=1S/C26H27FN4O3S/c1-18(32)30-16-22-17-31(26(33)34-22)21-9-10-23(24(27)14-21)20-7-5-19(6-8-20)15-28-12-13-35-25-4-2-3-11-29-25/h2-11,14,22,28H,12-13,15-17H2,1H3,(H,30,32). The van der Waals surface area contributed by atoms with Gasteiger partial charge in [-0.05, 0) is 41.5 Å². The molecule has 1 aliphatic heterocycles. The van der Waals surface area contributed by atoms with Crippen LogP contribution in [0.4, 0.5) is 14.9 Å². The molecule has 2 N–H and O–H groups in total. The van der Waals surface area contributed by atoms with Gasteiger partial charge < -0.3 is 15.4 Å². The van der Waals surface area contributed by atoms with Crippen LogP contribution in [0.2, 0.25) is 0 Å². The maximum atomic E-state index is 14.9. The number of nitrogens with zero attached hydrogens (tertiary/aromatic N) is 2. The Morgan fingerprint density at radius 2 is 2.03 bits per heavy atom. The fourth-order valence-corrected chi connectivity index (χ4v) is 4.46. The van der Waals surface area contributed by atoms with Gasteiger partial charge in [0.2, 0.25) is 5.91 Å². The molecule has 0 radical (unpaired) electrons. The third kappa shape index (κ3) is 6.80. The fourth-order valence-electron chi connectivity index (χ4n) is 3.70. The molecule has 1 fully saturated rings. The average molecular weight is 495 g/mol. The molecule has 0 saturated carbocycles. The van der Waals surface area contributed by atoms with E-state index in [0.29, 0.717) is 11.3 Å². The zero-order chi connectivity index (χ0) is 24.6. The van der Waals surface area contributed by atoms with E-state index in [0.717, 1.165) is 35.0 Å². The van der Waals surface area contributed by atoms with Gasteiger partial charge in [-0.2, -0.15) is 0 Å². The molecular formula is C26H27FN4O3S. The van der Waals surface area contributed by atoms with Crippen LogP contribution in [0.1, 0.15) is 12.5 Å². The van der Waals surface area contributed by atoms with Gasteiger partial charge in [-0.15, -0.1) is 11.8 Å². The van der Waals surface area contributed by atoms with Gasteiger partial charge in [0.15, 0.2) is 0 Å². The first-order chi connectivity index (χ1) is 17.0. The average Bonchev–Trinajstić information content (AvgIpc) is 3.24. The van der Waals surface area contributed by atoms with Gasteiger partial charge in [0.1, 0.15) is 11.9 Å². The molecule has 0 spiro atoms. The van der Waals surface area contributed by atoms with Crippen molar-refractivity contribution in [2.75, 3.05) is 30.3 Å². The number of carbonyl (C=O) groups excluding carboxylic acids is 2. The molecule has 0 bridgehead atoms. The molecule has 1 saturated heterocycles. The number of halogens is 1. The summed E-state index contributed by atoms with van der Waals surface area (Å²) in [6, 6.07) is 18.3. The highest BCUT2D eigenvalue weighted by Gasteiger charge is 2.32. The minimum Gasteiger partial charge on any atom is -0.442 e. The molecule has 2 aromatic carbocycles. The molecule has 1 aromatic heterocycles. The Bertz CT molecular complexity index is 1160. The number of pyridine rings is 1. The monoisotopic (exact) mass is 494 g/mol. The Balaban J connectivity index is 1.30. The van der Waals surface area contributed by atoms with Crippen molar-refractivity contribution in [1.82, 2.24) is 15.6 Å². The first-order valence-electron chi connectivity index (χ1n) is 11.4. The highest BCUT2D eigenvalue weighted by atomic mass is 32.2. The third-order valence-electron chi connectivity index (χ3n) is 5.48. The second-order valence-electron chi connectivity index (χ2n) is 8.11. The van der Waals surface area contributed by atoms with Crippen molar-refractivity contribution in [3.63, 3.8) is 0 Å². The second-order valence-corrected chi connectivity index (χ2v) is 9.22. The van der Waals surface area contributed by atoms with E-state index in [1.54, 1.807) is 30.1 Å². The Kier molecular flexibility index (Phi) is 8.33. The first-order valence-corrected chi connectivity index (χ1v) is 12.3. The number of hydrogen-bond donors (Lipinski definition) is 2. The summed E-state index contributed by atoms with van der Waals surface area (Å²) in [5, 5.41) is 7.05. The summed E-state index contributed by atoms with van der Waals surface area (Å²) in [4.78, 5) is 28.9. The summed E-state index contributed by atoms with van der Waals surface area (Å²) in [5.74, 6) is 0.305. The zero-order valence-corrected chi connectivity index (χ0v) is 20.2. The summed E-state index contributed by atoms with van der Waals surface area (Å²) in [6.45, 7) is 3.45. The van der Waals surface area contributed by atoms with E-state index >= 15 is 0 Å². The molecule has 3 aromatic rings. The lowest BCUT2D eigenvalue weighted by atomic mass is 10.0. The van der Waals surface area contributed by atoms with Gasteiger partial charge in [0.25, 0.3) is 0 Å². The normalized spacial score (nSPS) is 15.2. The minimum atomic E-state index is -0.553. The quantitative estimate of drug-likeness (QED) is 0.324. The van der Waals surface area contributed by atoms with E-state index < -0.39 is 18.0 Å². The van der Waals surface area contributed by atoms with E-state index in [1.807, 2.05) is 42.5 Å². The number of amides is 2. The van der Waals surface area contributed by atoms with Crippen molar-refractivity contribution in [2.45, 2.75) is 24.6 Å². The Morgan fingerprint density at radius 3 is 2.74 bits per heavy atom. The lowest BCUT2D eigenvalue weighted by molar-refractivity contribution is -0.119. The van der Waals surface area contributed by atoms with Gasteiger partial charge in [-0.1, -0.05) is 30.3 Å². The largest absolute Gasteiger partial charge is 0.442 e. The topological polar surface area (TPSA) is 83.6 Å². The van der Waals surface area contributed by atoms with Gasteiger partial charge in [0.05, 0.1) is 23.8 Å². The molecule has 4 rings (SSSR count). The third-order valence-corrected chi connectivity index (χ3v) is 6.42. The van der Waals surface area contributed by atoms with Gasteiger partial charge in [-0.25, -0.2) is 14.2 Å². The number of benzene rings is 2. The minimum absolute atomic E-state index is 0.198. The van der Waals surface area contributed by atoms with E-state index in [4.69, 9.17) is 4.74 Å². The molecule has 1 unspecified atom stereocenters. The maximum absolute atomic E-state index is 14.9. The van der Waals surface area contributed by atoms with Crippen molar-refractivity contribution in [3.8, 4) is 11.1 Å². The predicted molar refractivity (Wildman–Crippen MR) is 135 cm³/mol. The van der Waals surface area contributed by atoms with Gasteiger partial charge in [0, 0.05) is 37.5 Å². The van der Waals surface area contributed by atoms with Crippen LogP contribution in [-0.2, 0) is 16.1 Å². The van der Waals surface area contributed by atoms with Crippen LogP contribution in [0.25, 0.3) is 11.1 Å². The molecule has 9 heteroatoms. The van der Waals surface area contributed by atoms with Crippen molar-refractivity contribution in [2.24, 2.45) is 0 Å². The number of hydrogen-bond acceptors (Lipinski definition) is 6. The first kappa shape index (κ1) is 24.7. The smallest absolute Gasteiger partial charge is 0.414 e. The number of rotatable bonds is 10. The van der Waals surface area contributed by atoms with Crippen LogP contribution in [0.5, 0.6) is 0 Å². The lowest BCUT2D eigenvalue weighted by Crippen LogP contribution is -2.33. The van der Waals surface area contributed by atoms with Crippen LogP contribution in [0.15, 0.2) is 71.9 Å². The molecule has 182 valence electrons. The molecule has 1 atom stereocenters. The van der Waals surface area contributed by atoms with Gasteiger partial charge in [-0.3, -0.25) is 9.69 Å². The van der Waals surface area contributed by atoms with E-state index in [2.05, 4.69) is 15.6 Å². The van der Waals surface area contributed by atoms with E-state index in [-0.39, 0.29) is 19.0 Å².